The summed E-state index contributed by atoms with van der Waals surface area (Å²) >= 11 is 7.34. The number of hydrogen-bond donors (Lipinski definition) is 2. The lowest BCUT2D eigenvalue weighted by molar-refractivity contribution is -0.115. The summed E-state index contributed by atoms with van der Waals surface area (Å²) in [5, 5.41) is 6.19. The Morgan fingerprint density at radius 3 is 2.20 bits per heavy atom. The quantitative estimate of drug-likeness (QED) is 0.448. The van der Waals surface area contributed by atoms with E-state index in [1.807, 2.05) is 56.3 Å². The monoisotopic (exact) mass is 438 g/mol. The maximum Gasteiger partial charge on any atom is 0.253 e. The minimum atomic E-state index is -0.342. The fraction of sp³-hybridized carbons (Fsp3) is 0.167. The van der Waals surface area contributed by atoms with E-state index in [9.17, 15) is 9.59 Å². The first-order valence-electron chi connectivity index (χ1n) is 9.62. The predicted octanol–water partition coefficient (Wildman–Crippen LogP) is 5.95. The van der Waals surface area contributed by atoms with Crippen molar-refractivity contribution < 1.29 is 9.59 Å². The molecule has 2 amide bonds. The van der Waals surface area contributed by atoms with Crippen LogP contribution in [0.3, 0.4) is 0 Å². The first-order chi connectivity index (χ1) is 14.4. The topological polar surface area (TPSA) is 58.2 Å². The number of carbonyl (C=O) groups is 2. The maximum atomic E-state index is 12.8. The van der Waals surface area contributed by atoms with Crippen LogP contribution in [0.25, 0.3) is 0 Å². The van der Waals surface area contributed by atoms with Gasteiger partial charge < -0.3 is 10.6 Å². The van der Waals surface area contributed by atoms with Crippen LogP contribution in [0, 0.1) is 0 Å². The summed E-state index contributed by atoms with van der Waals surface area (Å²) in [6.45, 7) is 3.76. The molecule has 2 N–H and O–H groups in total. The summed E-state index contributed by atoms with van der Waals surface area (Å²) in [4.78, 5) is 26.5. The Bertz CT molecular complexity index is 1010. The zero-order valence-corrected chi connectivity index (χ0v) is 18.3. The molecule has 0 spiro atoms. The third-order valence-electron chi connectivity index (χ3n) is 4.57. The molecule has 0 aliphatic rings. The number of rotatable bonds is 7. The maximum absolute atomic E-state index is 12.8. The molecule has 3 aromatic rings. The molecule has 0 saturated heterocycles. The van der Waals surface area contributed by atoms with Crippen molar-refractivity contribution in [1.29, 1.82) is 0 Å². The van der Waals surface area contributed by atoms with Crippen molar-refractivity contribution in [3.8, 4) is 0 Å². The summed E-state index contributed by atoms with van der Waals surface area (Å²) in [7, 11) is 0. The predicted molar refractivity (Wildman–Crippen MR) is 124 cm³/mol. The number of thioether (sulfide) groups is 1. The van der Waals surface area contributed by atoms with Gasteiger partial charge in [-0.3, -0.25) is 9.59 Å². The number of hydrogen-bond acceptors (Lipinski definition) is 3. The molecule has 0 aromatic heterocycles. The smallest absolute Gasteiger partial charge is 0.253 e. The molecule has 3 aromatic carbocycles. The second kappa shape index (κ2) is 10.3. The van der Waals surface area contributed by atoms with Gasteiger partial charge in [0.1, 0.15) is 0 Å². The fourth-order valence-corrected chi connectivity index (χ4v) is 3.89. The lowest BCUT2D eigenvalue weighted by atomic mass is 10.1. The van der Waals surface area contributed by atoms with E-state index in [-0.39, 0.29) is 23.1 Å². The molecule has 3 rings (SSSR count). The van der Waals surface area contributed by atoms with E-state index in [1.165, 1.54) is 11.8 Å². The van der Waals surface area contributed by atoms with Crippen LogP contribution in [0.1, 0.15) is 35.8 Å². The number of benzene rings is 3. The number of halogens is 1. The van der Waals surface area contributed by atoms with Gasteiger partial charge in [-0.1, -0.05) is 54.1 Å². The van der Waals surface area contributed by atoms with Crippen LogP contribution in [0.15, 0.2) is 83.8 Å². The van der Waals surface area contributed by atoms with Crippen molar-refractivity contribution in [3.63, 3.8) is 0 Å². The third kappa shape index (κ3) is 5.88. The molecule has 0 saturated carbocycles. The van der Waals surface area contributed by atoms with Gasteiger partial charge in [-0.05, 0) is 55.8 Å². The van der Waals surface area contributed by atoms with E-state index in [0.717, 1.165) is 10.5 Å². The van der Waals surface area contributed by atoms with Crippen molar-refractivity contribution in [1.82, 2.24) is 5.32 Å². The highest BCUT2D eigenvalue weighted by Crippen LogP contribution is 2.26. The van der Waals surface area contributed by atoms with Gasteiger partial charge in [-0.15, -0.1) is 11.8 Å². The number of para-hydroxylation sites is 1. The first kappa shape index (κ1) is 21.9. The third-order valence-corrected chi connectivity index (χ3v) is 5.94. The van der Waals surface area contributed by atoms with E-state index in [4.69, 9.17) is 11.6 Å². The highest BCUT2D eigenvalue weighted by atomic mass is 35.5. The Labute approximate surface area is 186 Å². The summed E-state index contributed by atoms with van der Waals surface area (Å²) in [6.07, 6.45) is 0. The SMILES string of the molecule is C[C@H](Sc1ccc(Cl)cc1)C(=O)Nc1ccccc1C(=O)N[C@H](C)c1ccccc1. The van der Waals surface area contributed by atoms with Crippen molar-refractivity contribution >= 4 is 40.9 Å². The Morgan fingerprint density at radius 2 is 1.50 bits per heavy atom. The van der Waals surface area contributed by atoms with Crippen LogP contribution in [0.2, 0.25) is 5.02 Å². The minimum absolute atomic E-state index is 0.151. The molecule has 0 radical (unpaired) electrons. The molecule has 0 aliphatic heterocycles. The van der Waals surface area contributed by atoms with Crippen molar-refractivity contribution in [2.75, 3.05) is 5.32 Å². The van der Waals surface area contributed by atoms with E-state index >= 15 is 0 Å². The van der Waals surface area contributed by atoms with E-state index in [0.29, 0.717) is 16.3 Å². The zero-order valence-electron chi connectivity index (χ0n) is 16.8. The average Bonchev–Trinajstić information content (AvgIpc) is 2.76. The second-order valence-corrected chi connectivity index (χ2v) is 8.71. The first-order valence-corrected chi connectivity index (χ1v) is 10.9. The molecule has 0 bridgehead atoms. The Balaban J connectivity index is 1.67. The molecular formula is C24H23ClN2O2S. The highest BCUT2D eigenvalue weighted by molar-refractivity contribution is 8.00. The fourth-order valence-electron chi connectivity index (χ4n) is 2.89. The van der Waals surface area contributed by atoms with Gasteiger partial charge >= 0.3 is 0 Å². The van der Waals surface area contributed by atoms with Gasteiger partial charge in [0.15, 0.2) is 0 Å². The van der Waals surface area contributed by atoms with E-state index < -0.39 is 0 Å². The zero-order chi connectivity index (χ0) is 21.5. The van der Waals surface area contributed by atoms with Gasteiger partial charge in [0.05, 0.1) is 22.5 Å². The summed E-state index contributed by atoms with van der Waals surface area (Å²) < 4.78 is 0. The molecule has 2 atom stereocenters. The second-order valence-electron chi connectivity index (χ2n) is 6.85. The van der Waals surface area contributed by atoms with Crippen LogP contribution < -0.4 is 10.6 Å². The minimum Gasteiger partial charge on any atom is -0.345 e. The Kier molecular flexibility index (Phi) is 7.55. The molecule has 6 heteroatoms. The standard InChI is InChI=1S/C24H23ClN2O2S/c1-16(18-8-4-3-5-9-18)26-24(29)21-10-6-7-11-22(21)27-23(28)17(2)30-20-14-12-19(25)13-15-20/h3-17H,1-2H3,(H,26,29)(H,27,28)/t16-,17+/m1/s1. The van der Waals surface area contributed by atoms with Gasteiger partial charge in [0.25, 0.3) is 5.91 Å². The van der Waals surface area contributed by atoms with Crippen LogP contribution in [-0.4, -0.2) is 17.1 Å². The van der Waals surface area contributed by atoms with Crippen molar-refractivity contribution in [2.45, 2.75) is 30.0 Å². The molecule has 4 nitrogen and oxygen atoms in total. The lowest BCUT2D eigenvalue weighted by Gasteiger charge is -2.17. The van der Waals surface area contributed by atoms with Crippen LogP contribution in [0.4, 0.5) is 5.69 Å². The highest BCUT2D eigenvalue weighted by Gasteiger charge is 2.19. The number of anilines is 1. The van der Waals surface area contributed by atoms with Gasteiger partial charge in [-0.25, -0.2) is 0 Å². The van der Waals surface area contributed by atoms with E-state index in [2.05, 4.69) is 10.6 Å². The van der Waals surface area contributed by atoms with Crippen LogP contribution >= 0.6 is 23.4 Å². The normalized spacial score (nSPS) is 12.6. The molecule has 30 heavy (non-hydrogen) atoms. The lowest BCUT2D eigenvalue weighted by Crippen LogP contribution is -2.29. The molecule has 0 unspecified atom stereocenters. The molecule has 0 heterocycles. The largest absolute Gasteiger partial charge is 0.345 e. The van der Waals surface area contributed by atoms with Crippen LogP contribution in [-0.2, 0) is 4.79 Å². The molecule has 0 fully saturated rings. The van der Waals surface area contributed by atoms with Gasteiger partial charge in [0, 0.05) is 9.92 Å². The number of nitrogens with one attached hydrogen (secondary N) is 2. The summed E-state index contributed by atoms with van der Waals surface area (Å²) in [5.41, 5.74) is 1.93. The average molecular weight is 439 g/mol. The molecular weight excluding hydrogens is 416 g/mol. The van der Waals surface area contributed by atoms with Crippen LogP contribution in [0.5, 0.6) is 0 Å². The van der Waals surface area contributed by atoms with E-state index in [1.54, 1.807) is 36.4 Å². The van der Waals surface area contributed by atoms with Crippen molar-refractivity contribution in [2.24, 2.45) is 0 Å². The van der Waals surface area contributed by atoms with Gasteiger partial charge in [-0.2, -0.15) is 0 Å². The Morgan fingerprint density at radius 1 is 0.867 bits per heavy atom. The summed E-state index contributed by atoms with van der Waals surface area (Å²) in [6, 6.07) is 24.0. The number of carbonyl (C=O) groups excluding carboxylic acids is 2. The molecule has 0 aliphatic carbocycles. The molecule has 154 valence electrons. The number of amides is 2. The summed E-state index contributed by atoms with van der Waals surface area (Å²) in [5.74, 6) is -0.411. The Hall–Kier alpha value is -2.76. The van der Waals surface area contributed by atoms with Crippen molar-refractivity contribution in [3.05, 3.63) is 95.0 Å². The van der Waals surface area contributed by atoms with Gasteiger partial charge in [0.2, 0.25) is 5.91 Å².